The van der Waals surface area contributed by atoms with Gasteiger partial charge in [0.25, 0.3) is 0 Å². The van der Waals surface area contributed by atoms with Gasteiger partial charge in [-0.25, -0.2) is 0 Å². The van der Waals surface area contributed by atoms with E-state index in [0.29, 0.717) is 26.6 Å². The highest BCUT2D eigenvalue weighted by molar-refractivity contribution is 6.29. The van der Waals surface area contributed by atoms with Gasteiger partial charge in [-0.2, -0.15) is 10.0 Å². The van der Waals surface area contributed by atoms with Gasteiger partial charge in [-0.1, -0.05) is 36.4 Å². The fourth-order valence-electron chi connectivity index (χ4n) is 4.62. The lowest BCUT2D eigenvalue weighted by Crippen LogP contribution is -2.38. The van der Waals surface area contributed by atoms with Gasteiger partial charge in [0, 0.05) is 33.7 Å². The Balaban J connectivity index is 1.26. The summed E-state index contributed by atoms with van der Waals surface area (Å²) < 4.78 is 12.2. The molecule has 0 atom stereocenters. The summed E-state index contributed by atoms with van der Waals surface area (Å²) in [4.78, 5) is 9.39. The number of hydrogen-bond donors (Lipinski definition) is 0. The minimum atomic E-state index is 0.518. The zero-order valence-electron chi connectivity index (χ0n) is 17.1. The number of hydrazine groups is 1. The second kappa shape index (κ2) is 6.65. The fourth-order valence-corrected chi connectivity index (χ4v) is 4.62. The highest BCUT2D eigenvalue weighted by atomic mass is 16.5. The van der Waals surface area contributed by atoms with Crippen molar-refractivity contribution in [1.82, 2.24) is 10.0 Å². The van der Waals surface area contributed by atoms with Gasteiger partial charge >= 0.3 is 0 Å². The van der Waals surface area contributed by atoms with E-state index >= 15 is 0 Å². The SMILES string of the molecule is CC1=Nc2ccccc2/C1=C1/CN(N2CO/C(=C3/C(C)=Nc4ccccc43)C2)CO1. The van der Waals surface area contributed by atoms with Crippen LogP contribution in [0.4, 0.5) is 11.4 Å². The summed E-state index contributed by atoms with van der Waals surface area (Å²) in [5, 5.41) is 4.41. The van der Waals surface area contributed by atoms with Crippen molar-refractivity contribution in [3.63, 3.8) is 0 Å². The van der Waals surface area contributed by atoms with Crippen molar-refractivity contribution in [2.45, 2.75) is 13.8 Å². The van der Waals surface area contributed by atoms with E-state index in [0.717, 1.165) is 56.6 Å². The summed E-state index contributed by atoms with van der Waals surface area (Å²) in [6.07, 6.45) is 0. The van der Waals surface area contributed by atoms with E-state index in [-0.39, 0.29) is 0 Å². The molecule has 4 aliphatic rings. The predicted octanol–water partition coefficient (Wildman–Crippen LogP) is 4.52. The Kier molecular flexibility index (Phi) is 3.91. The molecule has 4 aliphatic heterocycles. The fraction of sp³-hybridized carbons (Fsp3) is 0.250. The first-order valence-electron chi connectivity index (χ1n) is 10.2. The molecule has 6 heteroatoms. The van der Waals surface area contributed by atoms with Gasteiger partial charge in [-0.3, -0.25) is 9.98 Å². The van der Waals surface area contributed by atoms with Crippen LogP contribution in [-0.2, 0) is 9.47 Å². The van der Waals surface area contributed by atoms with E-state index in [2.05, 4.69) is 60.3 Å². The van der Waals surface area contributed by atoms with E-state index in [4.69, 9.17) is 19.5 Å². The van der Waals surface area contributed by atoms with Crippen LogP contribution in [0.3, 0.4) is 0 Å². The standard InChI is InChI=1S/C24H22N4O2/c1-15-23(17-7-3-5-9-19(17)25-15)21-11-27(13-29-21)28-12-22(30-14-28)24-16(2)26-20-10-6-4-8-18(20)24/h3-10H,11-14H2,1-2H3/b23-21-,24-22-. The topological polar surface area (TPSA) is 49.7 Å². The lowest BCUT2D eigenvalue weighted by atomic mass is 10.0. The van der Waals surface area contributed by atoms with E-state index in [1.54, 1.807) is 0 Å². The maximum absolute atomic E-state index is 6.11. The highest BCUT2D eigenvalue weighted by Crippen LogP contribution is 2.40. The number of benzene rings is 2. The zero-order chi connectivity index (χ0) is 20.2. The Labute approximate surface area is 175 Å². The van der Waals surface area contributed by atoms with Gasteiger partial charge in [0.05, 0.1) is 24.5 Å². The molecule has 4 heterocycles. The molecule has 0 aromatic heterocycles. The van der Waals surface area contributed by atoms with Gasteiger partial charge in [-0.05, 0) is 26.0 Å². The molecule has 2 aromatic rings. The monoisotopic (exact) mass is 398 g/mol. The third-order valence-electron chi connectivity index (χ3n) is 6.03. The Bertz CT molecular complexity index is 1100. The van der Waals surface area contributed by atoms with Crippen LogP contribution in [0.2, 0.25) is 0 Å². The Morgan fingerprint density at radius 3 is 1.57 bits per heavy atom. The third kappa shape index (κ3) is 2.65. The molecule has 0 bridgehead atoms. The van der Waals surface area contributed by atoms with Gasteiger partial charge < -0.3 is 9.47 Å². The second-order valence-electron chi connectivity index (χ2n) is 7.90. The number of aliphatic imine (C=N–C) groups is 2. The van der Waals surface area contributed by atoms with Crippen molar-refractivity contribution in [1.29, 1.82) is 0 Å². The van der Waals surface area contributed by atoms with Gasteiger partial charge in [0.1, 0.15) is 11.5 Å². The number of hydrogen-bond acceptors (Lipinski definition) is 6. The van der Waals surface area contributed by atoms with E-state index in [9.17, 15) is 0 Å². The van der Waals surface area contributed by atoms with Crippen molar-refractivity contribution >= 4 is 33.9 Å². The van der Waals surface area contributed by atoms with Crippen molar-refractivity contribution in [2.24, 2.45) is 9.98 Å². The van der Waals surface area contributed by atoms with Crippen LogP contribution in [0, 0.1) is 0 Å². The normalized spacial score (nSPS) is 25.7. The number of para-hydroxylation sites is 2. The molecule has 0 N–H and O–H groups in total. The maximum Gasteiger partial charge on any atom is 0.154 e. The summed E-state index contributed by atoms with van der Waals surface area (Å²) in [6.45, 7) is 6.57. The Morgan fingerprint density at radius 1 is 0.667 bits per heavy atom. The summed E-state index contributed by atoms with van der Waals surface area (Å²) in [7, 11) is 0. The van der Waals surface area contributed by atoms with Crippen LogP contribution in [0.25, 0.3) is 11.1 Å². The molecule has 30 heavy (non-hydrogen) atoms. The lowest BCUT2D eigenvalue weighted by molar-refractivity contribution is -0.0454. The average molecular weight is 398 g/mol. The lowest BCUT2D eigenvalue weighted by Gasteiger charge is -2.21. The van der Waals surface area contributed by atoms with Crippen LogP contribution in [0.1, 0.15) is 25.0 Å². The molecular weight excluding hydrogens is 376 g/mol. The molecular formula is C24H22N4O2. The first kappa shape index (κ1) is 17.6. The average Bonchev–Trinajstić information content (AvgIpc) is 3.50. The molecule has 2 fully saturated rings. The van der Waals surface area contributed by atoms with Gasteiger partial charge in [-0.15, -0.1) is 0 Å². The largest absolute Gasteiger partial charge is 0.479 e. The van der Waals surface area contributed by atoms with Crippen LogP contribution >= 0.6 is 0 Å². The maximum atomic E-state index is 6.11. The quantitative estimate of drug-likeness (QED) is 0.709. The van der Waals surface area contributed by atoms with Crippen molar-refractivity contribution in [3.05, 3.63) is 71.2 Å². The predicted molar refractivity (Wildman–Crippen MR) is 118 cm³/mol. The molecule has 0 saturated carbocycles. The Hall–Kier alpha value is -3.22. The summed E-state index contributed by atoms with van der Waals surface area (Å²) in [6, 6.07) is 16.5. The van der Waals surface area contributed by atoms with Crippen LogP contribution in [0.15, 0.2) is 70.0 Å². The molecule has 150 valence electrons. The first-order valence-corrected chi connectivity index (χ1v) is 10.2. The molecule has 0 amide bonds. The molecule has 0 radical (unpaired) electrons. The summed E-state index contributed by atoms with van der Waals surface area (Å²) in [5.74, 6) is 1.96. The minimum Gasteiger partial charge on any atom is -0.479 e. The van der Waals surface area contributed by atoms with E-state index in [1.165, 1.54) is 0 Å². The van der Waals surface area contributed by atoms with Crippen molar-refractivity contribution < 1.29 is 9.47 Å². The molecule has 2 aromatic carbocycles. The third-order valence-corrected chi connectivity index (χ3v) is 6.03. The first-order chi connectivity index (χ1) is 14.7. The number of rotatable bonds is 1. The van der Waals surface area contributed by atoms with E-state index in [1.807, 2.05) is 12.1 Å². The molecule has 6 rings (SSSR count). The molecule has 0 aliphatic carbocycles. The Morgan fingerprint density at radius 2 is 1.10 bits per heavy atom. The number of fused-ring (bicyclic) bond motifs is 2. The van der Waals surface area contributed by atoms with Gasteiger partial charge in [0.2, 0.25) is 0 Å². The molecule has 0 spiro atoms. The number of ether oxygens (including phenoxy) is 2. The second-order valence-corrected chi connectivity index (χ2v) is 7.90. The van der Waals surface area contributed by atoms with Crippen molar-refractivity contribution in [3.8, 4) is 0 Å². The highest BCUT2D eigenvalue weighted by Gasteiger charge is 2.35. The van der Waals surface area contributed by atoms with Gasteiger partial charge in [0.15, 0.2) is 13.5 Å². The summed E-state index contributed by atoms with van der Waals surface area (Å²) in [5.41, 5.74) is 8.63. The molecule has 0 unspecified atom stereocenters. The number of allylic oxidation sites excluding steroid dienone is 2. The minimum absolute atomic E-state index is 0.518. The van der Waals surface area contributed by atoms with Crippen LogP contribution in [-0.4, -0.2) is 48.0 Å². The van der Waals surface area contributed by atoms with Crippen molar-refractivity contribution in [2.75, 3.05) is 26.6 Å². The smallest absolute Gasteiger partial charge is 0.154 e. The molecule has 2 saturated heterocycles. The molecule has 6 nitrogen and oxygen atoms in total. The summed E-state index contributed by atoms with van der Waals surface area (Å²) >= 11 is 0. The van der Waals surface area contributed by atoms with E-state index < -0.39 is 0 Å². The van der Waals surface area contributed by atoms with Crippen LogP contribution in [0.5, 0.6) is 0 Å². The number of nitrogens with zero attached hydrogens (tertiary/aromatic N) is 4. The van der Waals surface area contributed by atoms with Crippen LogP contribution < -0.4 is 0 Å². The zero-order valence-corrected chi connectivity index (χ0v) is 17.1.